The zero-order valence-electron chi connectivity index (χ0n) is 13.8. The zero-order chi connectivity index (χ0) is 18.0. The van der Waals surface area contributed by atoms with Gasteiger partial charge in [-0.15, -0.1) is 0 Å². The summed E-state index contributed by atoms with van der Waals surface area (Å²) in [6, 6.07) is 13.8. The Morgan fingerprint density at radius 3 is 2.44 bits per heavy atom. The first-order valence-electron chi connectivity index (χ1n) is 8.00. The summed E-state index contributed by atoms with van der Waals surface area (Å²) in [5.74, 6) is -0.160. The predicted molar refractivity (Wildman–Crippen MR) is 99.7 cm³/mol. The molecule has 0 aliphatic heterocycles. The lowest BCUT2D eigenvalue weighted by Crippen LogP contribution is -2.32. The summed E-state index contributed by atoms with van der Waals surface area (Å²) in [6.07, 6.45) is 1.76. The van der Waals surface area contributed by atoms with Crippen molar-refractivity contribution in [1.29, 1.82) is 0 Å². The number of nitrogens with zero attached hydrogens (tertiary/aromatic N) is 1. The lowest BCUT2D eigenvalue weighted by Gasteiger charge is -2.22. The first-order chi connectivity index (χ1) is 11.9. The first kappa shape index (κ1) is 18.1. The number of rotatable bonds is 6. The molecule has 0 radical (unpaired) electrons. The molecule has 2 aromatic rings. The van der Waals surface area contributed by atoms with Crippen LogP contribution in [0.3, 0.4) is 0 Å². The van der Waals surface area contributed by atoms with E-state index in [0.29, 0.717) is 12.1 Å². The van der Waals surface area contributed by atoms with Crippen LogP contribution in [0.1, 0.15) is 28.8 Å². The predicted octanol–water partition coefficient (Wildman–Crippen LogP) is 3.16. The maximum Gasteiger partial charge on any atom is 0.251 e. The van der Waals surface area contributed by atoms with Crippen LogP contribution in [0.5, 0.6) is 0 Å². The first-order valence-corrected chi connectivity index (χ1v) is 10.2. The number of benzene rings is 2. The van der Waals surface area contributed by atoms with Crippen molar-refractivity contribution < 1.29 is 13.2 Å². The Bertz CT molecular complexity index is 877. The Morgan fingerprint density at radius 2 is 1.88 bits per heavy atom. The van der Waals surface area contributed by atoms with Crippen molar-refractivity contribution in [2.75, 3.05) is 7.05 Å². The van der Waals surface area contributed by atoms with Crippen LogP contribution < -0.4 is 5.32 Å². The van der Waals surface area contributed by atoms with Crippen LogP contribution >= 0.6 is 15.9 Å². The summed E-state index contributed by atoms with van der Waals surface area (Å²) in [4.78, 5) is 11.9. The van der Waals surface area contributed by atoms with Gasteiger partial charge in [0.05, 0.1) is 4.90 Å². The van der Waals surface area contributed by atoms with Crippen molar-refractivity contribution in [3.05, 3.63) is 64.1 Å². The second-order valence-corrected chi connectivity index (χ2v) is 8.82. The summed E-state index contributed by atoms with van der Waals surface area (Å²) < 4.78 is 28.4. The Balaban J connectivity index is 1.86. The molecule has 25 heavy (non-hydrogen) atoms. The molecule has 0 atom stereocenters. The van der Waals surface area contributed by atoms with Gasteiger partial charge >= 0.3 is 0 Å². The summed E-state index contributed by atoms with van der Waals surface area (Å²) >= 11 is 3.33. The average Bonchev–Trinajstić information content (AvgIpc) is 3.44. The van der Waals surface area contributed by atoms with Crippen molar-refractivity contribution in [2.45, 2.75) is 30.3 Å². The highest BCUT2D eigenvalue weighted by Crippen LogP contribution is 2.34. The van der Waals surface area contributed by atoms with Crippen LogP contribution in [0.2, 0.25) is 0 Å². The van der Waals surface area contributed by atoms with E-state index in [1.54, 1.807) is 59.9 Å². The molecule has 7 heteroatoms. The van der Waals surface area contributed by atoms with Crippen molar-refractivity contribution in [2.24, 2.45) is 0 Å². The summed E-state index contributed by atoms with van der Waals surface area (Å²) in [5.41, 5.74) is 1.41. The molecule has 3 rings (SSSR count). The molecule has 1 N–H and O–H groups in total. The maximum absolute atomic E-state index is 13.0. The number of amides is 1. The third-order valence-electron chi connectivity index (χ3n) is 4.14. The van der Waals surface area contributed by atoms with Gasteiger partial charge in [-0.3, -0.25) is 4.79 Å². The lowest BCUT2D eigenvalue weighted by molar-refractivity contribution is 0.0963. The molecule has 0 bridgehead atoms. The molecule has 0 spiro atoms. The van der Waals surface area contributed by atoms with E-state index < -0.39 is 10.0 Å². The molecule has 1 aliphatic carbocycles. The van der Waals surface area contributed by atoms with Gasteiger partial charge in [0.25, 0.3) is 5.91 Å². The molecule has 5 nitrogen and oxygen atoms in total. The topological polar surface area (TPSA) is 66.5 Å². The Morgan fingerprint density at radius 1 is 1.20 bits per heavy atom. The van der Waals surface area contributed by atoms with Crippen LogP contribution in [0.4, 0.5) is 0 Å². The number of hydrogen-bond acceptors (Lipinski definition) is 3. The maximum atomic E-state index is 13.0. The van der Waals surface area contributed by atoms with E-state index in [1.165, 1.54) is 0 Å². The van der Waals surface area contributed by atoms with Crippen molar-refractivity contribution >= 4 is 31.9 Å². The fourth-order valence-corrected chi connectivity index (χ4v) is 4.89. The third kappa shape index (κ3) is 4.11. The number of carbonyl (C=O) groups excluding carboxylic acids is 1. The van der Waals surface area contributed by atoms with Crippen LogP contribution in [-0.2, 0) is 16.6 Å². The lowest BCUT2D eigenvalue weighted by atomic mass is 10.1. The minimum atomic E-state index is -3.57. The molecule has 0 unspecified atom stereocenters. The summed E-state index contributed by atoms with van der Waals surface area (Å²) in [6.45, 7) is 0.299. The fraction of sp³-hybridized carbons (Fsp3) is 0.278. The van der Waals surface area contributed by atoms with Gasteiger partial charge in [-0.05, 0) is 48.7 Å². The van der Waals surface area contributed by atoms with E-state index >= 15 is 0 Å². The minimum Gasteiger partial charge on any atom is -0.355 e. The minimum absolute atomic E-state index is 0.0441. The van der Waals surface area contributed by atoms with Gasteiger partial charge in [0.2, 0.25) is 10.0 Å². The molecule has 0 heterocycles. The smallest absolute Gasteiger partial charge is 0.251 e. The van der Waals surface area contributed by atoms with E-state index in [1.807, 2.05) is 0 Å². The number of nitrogens with one attached hydrogen (secondary N) is 1. The quantitative estimate of drug-likeness (QED) is 0.777. The standard InChI is InChI=1S/C18H19BrN2O3S/c1-20-18(22)14-7-5-13(6-8-14)12-21(16-9-10-16)25(23,24)17-4-2-3-15(19)11-17/h2-8,11,16H,9-10,12H2,1H3,(H,20,22). The second-order valence-electron chi connectivity index (χ2n) is 6.01. The van der Waals surface area contributed by atoms with Crippen LogP contribution in [0.15, 0.2) is 57.9 Å². The Hall–Kier alpha value is -1.70. The Labute approximate surface area is 156 Å². The number of halogens is 1. The third-order valence-corrected chi connectivity index (χ3v) is 6.53. The highest BCUT2D eigenvalue weighted by Gasteiger charge is 2.38. The van der Waals surface area contributed by atoms with E-state index in [4.69, 9.17) is 0 Å². The monoisotopic (exact) mass is 422 g/mol. The summed E-state index contributed by atoms with van der Waals surface area (Å²) in [7, 11) is -1.99. The molecule has 1 aliphatic rings. The molecule has 1 fully saturated rings. The molecule has 1 amide bonds. The van der Waals surface area contributed by atoms with E-state index in [0.717, 1.165) is 22.9 Å². The van der Waals surface area contributed by atoms with E-state index in [-0.39, 0.29) is 16.8 Å². The van der Waals surface area contributed by atoms with Gasteiger partial charge < -0.3 is 5.32 Å². The van der Waals surface area contributed by atoms with Crippen molar-refractivity contribution in [3.8, 4) is 0 Å². The highest BCUT2D eigenvalue weighted by molar-refractivity contribution is 9.10. The molecular formula is C18H19BrN2O3S. The second kappa shape index (κ2) is 7.27. The number of hydrogen-bond donors (Lipinski definition) is 1. The average molecular weight is 423 g/mol. The highest BCUT2D eigenvalue weighted by atomic mass is 79.9. The van der Waals surface area contributed by atoms with Gasteiger partial charge in [0.1, 0.15) is 0 Å². The molecule has 0 aromatic heterocycles. The molecular weight excluding hydrogens is 404 g/mol. The van der Waals surface area contributed by atoms with Crippen molar-refractivity contribution in [1.82, 2.24) is 9.62 Å². The fourth-order valence-electron chi connectivity index (χ4n) is 2.62. The molecule has 2 aromatic carbocycles. The normalized spacial score (nSPS) is 14.5. The molecule has 132 valence electrons. The number of carbonyl (C=O) groups is 1. The molecule has 0 saturated heterocycles. The largest absolute Gasteiger partial charge is 0.355 e. The SMILES string of the molecule is CNC(=O)c1ccc(CN(C2CC2)S(=O)(=O)c2cccc(Br)c2)cc1. The van der Waals surface area contributed by atoms with Crippen LogP contribution in [0, 0.1) is 0 Å². The Kier molecular flexibility index (Phi) is 5.27. The van der Waals surface area contributed by atoms with Gasteiger partial charge in [0, 0.05) is 29.7 Å². The van der Waals surface area contributed by atoms with Gasteiger partial charge in [0.15, 0.2) is 0 Å². The van der Waals surface area contributed by atoms with Gasteiger partial charge in [-0.25, -0.2) is 8.42 Å². The van der Waals surface area contributed by atoms with Gasteiger partial charge in [-0.2, -0.15) is 4.31 Å². The van der Waals surface area contributed by atoms with E-state index in [9.17, 15) is 13.2 Å². The number of sulfonamides is 1. The molecule has 1 saturated carbocycles. The van der Waals surface area contributed by atoms with Crippen LogP contribution in [-0.4, -0.2) is 31.7 Å². The van der Waals surface area contributed by atoms with Crippen molar-refractivity contribution in [3.63, 3.8) is 0 Å². The van der Waals surface area contributed by atoms with E-state index in [2.05, 4.69) is 21.2 Å². The summed E-state index contributed by atoms with van der Waals surface area (Å²) in [5, 5.41) is 2.57. The van der Waals surface area contributed by atoms with Gasteiger partial charge in [-0.1, -0.05) is 34.1 Å². The van der Waals surface area contributed by atoms with Crippen LogP contribution in [0.25, 0.3) is 0 Å². The zero-order valence-corrected chi connectivity index (χ0v) is 16.2.